The van der Waals surface area contributed by atoms with Crippen LogP contribution in [0.15, 0.2) is 54.6 Å². The van der Waals surface area contributed by atoms with Gasteiger partial charge in [0, 0.05) is 12.1 Å². The zero-order valence-electron chi connectivity index (χ0n) is 13.4. The Hall–Kier alpha value is -3.08. The molecule has 3 N–H and O–H groups in total. The third kappa shape index (κ3) is 3.46. The van der Waals surface area contributed by atoms with Crippen molar-refractivity contribution in [3.8, 4) is 17.0 Å². The minimum absolute atomic E-state index is 0.148. The van der Waals surface area contributed by atoms with Crippen LogP contribution < -0.4 is 5.32 Å². The van der Waals surface area contributed by atoms with E-state index in [0.29, 0.717) is 23.5 Å². The Balaban J connectivity index is 1.74. The van der Waals surface area contributed by atoms with Crippen LogP contribution in [-0.2, 0) is 13.0 Å². The van der Waals surface area contributed by atoms with Gasteiger partial charge in [-0.15, -0.1) is 0 Å². The van der Waals surface area contributed by atoms with Gasteiger partial charge < -0.3 is 10.4 Å². The van der Waals surface area contributed by atoms with Crippen molar-refractivity contribution in [3.05, 3.63) is 71.4 Å². The van der Waals surface area contributed by atoms with Crippen LogP contribution >= 0.6 is 0 Å². The summed E-state index contributed by atoms with van der Waals surface area (Å²) >= 11 is 0. The van der Waals surface area contributed by atoms with Gasteiger partial charge in [0.2, 0.25) is 0 Å². The van der Waals surface area contributed by atoms with E-state index >= 15 is 0 Å². The maximum Gasteiger partial charge on any atom is 0.269 e. The second kappa shape index (κ2) is 7.00. The number of aromatic hydroxyl groups is 1. The fourth-order valence-electron chi connectivity index (χ4n) is 2.46. The van der Waals surface area contributed by atoms with Gasteiger partial charge in [-0.25, -0.2) is 0 Å². The summed E-state index contributed by atoms with van der Waals surface area (Å²) in [6.07, 6.45) is 0.863. The molecule has 5 nitrogen and oxygen atoms in total. The molecule has 3 rings (SSSR count). The summed E-state index contributed by atoms with van der Waals surface area (Å²) in [6, 6.07) is 16.8. The van der Waals surface area contributed by atoms with E-state index in [1.165, 1.54) is 0 Å². The number of H-pyrrole nitrogens is 1. The second-order valence-corrected chi connectivity index (χ2v) is 5.54. The summed E-state index contributed by atoms with van der Waals surface area (Å²) in [5.74, 6) is -0.0846. The van der Waals surface area contributed by atoms with Crippen molar-refractivity contribution in [1.29, 1.82) is 0 Å². The van der Waals surface area contributed by atoms with Crippen molar-refractivity contribution in [1.82, 2.24) is 15.5 Å². The molecule has 0 bridgehead atoms. The number of nitrogens with zero attached hydrogens (tertiary/aromatic N) is 1. The molecule has 2 aromatic carbocycles. The Bertz CT molecular complexity index is 841. The fourth-order valence-corrected chi connectivity index (χ4v) is 2.46. The van der Waals surface area contributed by atoms with Gasteiger partial charge in [0.05, 0.1) is 5.69 Å². The Morgan fingerprint density at radius 3 is 2.67 bits per heavy atom. The molecule has 0 atom stereocenters. The number of aryl methyl sites for hydroxylation is 1. The molecule has 1 amide bonds. The van der Waals surface area contributed by atoms with Crippen LogP contribution in [0.5, 0.6) is 5.75 Å². The number of benzene rings is 2. The van der Waals surface area contributed by atoms with Gasteiger partial charge in [-0.3, -0.25) is 9.89 Å². The largest absolute Gasteiger partial charge is 0.507 e. The van der Waals surface area contributed by atoms with Crippen LogP contribution in [-0.4, -0.2) is 21.2 Å². The van der Waals surface area contributed by atoms with E-state index in [0.717, 1.165) is 17.5 Å². The van der Waals surface area contributed by atoms with Gasteiger partial charge >= 0.3 is 0 Å². The molecule has 3 aromatic rings. The third-order valence-electron chi connectivity index (χ3n) is 3.86. The number of phenolic OH excluding ortho intramolecular Hbond substituents is 1. The summed E-state index contributed by atoms with van der Waals surface area (Å²) < 4.78 is 0. The van der Waals surface area contributed by atoms with Crippen molar-refractivity contribution in [2.24, 2.45) is 0 Å². The molecule has 122 valence electrons. The molecule has 0 saturated heterocycles. The van der Waals surface area contributed by atoms with Crippen LogP contribution in [0.1, 0.15) is 28.5 Å². The third-order valence-corrected chi connectivity index (χ3v) is 3.86. The van der Waals surface area contributed by atoms with E-state index in [1.54, 1.807) is 12.1 Å². The van der Waals surface area contributed by atoms with Crippen molar-refractivity contribution in [2.45, 2.75) is 19.9 Å². The Morgan fingerprint density at radius 2 is 1.92 bits per heavy atom. The number of hydrogen-bond donors (Lipinski definition) is 3. The molecule has 0 radical (unpaired) electrons. The average Bonchev–Trinajstić information content (AvgIpc) is 3.11. The van der Waals surface area contributed by atoms with Crippen LogP contribution in [0.4, 0.5) is 0 Å². The summed E-state index contributed by atoms with van der Waals surface area (Å²) in [6.45, 7) is 2.49. The highest BCUT2D eigenvalue weighted by molar-refractivity contribution is 5.93. The summed E-state index contributed by atoms with van der Waals surface area (Å²) in [7, 11) is 0. The number of rotatable bonds is 5. The van der Waals surface area contributed by atoms with Crippen LogP contribution in [0, 0.1) is 0 Å². The molecular formula is C19H19N3O2. The highest BCUT2D eigenvalue weighted by Gasteiger charge is 2.13. The predicted octanol–water partition coefficient (Wildman–Crippen LogP) is 3.27. The molecule has 0 unspecified atom stereocenters. The maximum atomic E-state index is 12.2. The monoisotopic (exact) mass is 321 g/mol. The smallest absolute Gasteiger partial charge is 0.269 e. The van der Waals surface area contributed by atoms with Crippen molar-refractivity contribution >= 4 is 5.91 Å². The van der Waals surface area contributed by atoms with Gasteiger partial charge in [0.1, 0.15) is 11.4 Å². The van der Waals surface area contributed by atoms with Crippen LogP contribution in [0.3, 0.4) is 0 Å². The quantitative estimate of drug-likeness (QED) is 0.675. The van der Waals surface area contributed by atoms with Crippen LogP contribution in [0.2, 0.25) is 0 Å². The number of nitrogens with one attached hydrogen (secondary N) is 2. The minimum Gasteiger partial charge on any atom is -0.507 e. The predicted molar refractivity (Wildman–Crippen MR) is 92.7 cm³/mol. The van der Waals surface area contributed by atoms with Gasteiger partial charge in [0.25, 0.3) is 5.91 Å². The lowest BCUT2D eigenvalue weighted by molar-refractivity contribution is 0.0946. The molecule has 5 heteroatoms. The van der Waals surface area contributed by atoms with Crippen LogP contribution in [0.25, 0.3) is 11.3 Å². The normalized spacial score (nSPS) is 10.5. The van der Waals surface area contributed by atoms with Crippen molar-refractivity contribution in [3.63, 3.8) is 0 Å². The lowest BCUT2D eigenvalue weighted by Crippen LogP contribution is -2.23. The van der Waals surface area contributed by atoms with Crippen molar-refractivity contribution in [2.75, 3.05) is 0 Å². The number of aromatic amines is 1. The van der Waals surface area contributed by atoms with Gasteiger partial charge in [-0.1, -0.05) is 43.3 Å². The first-order chi connectivity index (χ1) is 11.7. The van der Waals surface area contributed by atoms with Gasteiger partial charge in [-0.2, -0.15) is 5.10 Å². The highest BCUT2D eigenvalue weighted by atomic mass is 16.3. The zero-order valence-corrected chi connectivity index (χ0v) is 13.4. The maximum absolute atomic E-state index is 12.2. The average molecular weight is 321 g/mol. The molecule has 0 aliphatic heterocycles. The molecule has 0 spiro atoms. The first kappa shape index (κ1) is 15.8. The number of phenols is 1. The van der Waals surface area contributed by atoms with Gasteiger partial charge in [-0.05, 0) is 35.7 Å². The lowest BCUT2D eigenvalue weighted by Gasteiger charge is -2.04. The lowest BCUT2D eigenvalue weighted by atomic mass is 10.1. The summed E-state index contributed by atoms with van der Waals surface area (Å²) in [5, 5.41) is 19.8. The molecular weight excluding hydrogens is 302 g/mol. The summed E-state index contributed by atoms with van der Waals surface area (Å²) in [5.41, 5.74) is 3.65. The van der Waals surface area contributed by atoms with Gasteiger partial charge in [0.15, 0.2) is 0 Å². The first-order valence-electron chi connectivity index (χ1n) is 7.87. The molecule has 1 heterocycles. The SMILES string of the molecule is CCc1ccc(O)c(-c2cc(C(=O)NCc3ccccc3)[nH]n2)c1. The van der Waals surface area contributed by atoms with E-state index in [9.17, 15) is 9.90 Å². The highest BCUT2D eigenvalue weighted by Crippen LogP contribution is 2.29. The minimum atomic E-state index is -0.233. The van der Waals surface area contributed by atoms with E-state index in [4.69, 9.17) is 0 Å². The molecule has 0 fully saturated rings. The second-order valence-electron chi connectivity index (χ2n) is 5.54. The number of amides is 1. The summed E-state index contributed by atoms with van der Waals surface area (Å²) in [4.78, 5) is 12.2. The number of carbonyl (C=O) groups excluding carboxylic acids is 1. The van der Waals surface area contributed by atoms with E-state index in [1.807, 2.05) is 49.4 Å². The number of hydrogen-bond acceptors (Lipinski definition) is 3. The Kier molecular flexibility index (Phi) is 4.61. The zero-order chi connectivity index (χ0) is 16.9. The molecule has 0 aliphatic carbocycles. The van der Waals surface area contributed by atoms with E-state index in [2.05, 4.69) is 15.5 Å². The fraction of sp³-hybridized carbons (Fsp3) is 0.158. The molecule has 0 saturated carbocycles. The molecule has 24 heavy (non-hydrogen) atoms. The van der Waals surface area contributed by atoms with E-state index in [-0.39, 0.29) is 11.7 Å². The molecule has 0 aliphatic rings. The standard InChI is InChI=1S/C19H19N3O2/c1-2-13-8-9-18(23)15(10-13)16-11-17(22-21-16)19(24)20-12-14-6-4-3-5-7-14/h3-11,23H,2,12H2,1H3,(H,20,24)(H,21,22). The molecule has 1 aromatic heterocycles. The Morgan fingerprint density at radius 1 is 1.12 bits per heavy atom. The topological polar surface area (TPSA) is 78.0 Å². The number of aromatic nitrogens is 2. The first-order valence-corrected chi connectivity index (χ1v) is 7.87. The van der Waals surface area contributed by atoms with Crippen molar-refractivity contribution < 1.29 is 9.90 Å². The van der Waals surface area contributed by atoms with E-state index < -0.39 is 0 Å². The Labute approximate surface area is 140 Å². The number of carbonyl (C=O) groups is 1.